The van der Waals surface area contributed by atoms with Crippen LogP contribution in [0.4, 0.5) is 0 Å². The number of rotatable bonds is 23. The number of aliphatic hydroxyl groups is 1. The minimum atomic E-state index is -0.339. The van der Waals surface area contributed by atoms with Crippen LogP contribution < -0.4 is 0 Å². The lowest BCUT2D eigenvalue weighted by Crippen LogP contribution is -2.31. The molecule has 0 bridgehead atoms. The van der Waals surface area contributed by atoms with Crippen LogP contribution in [-0.2, 0) is 14.3 Å². The number of aliphatic hydroxyl groups excluding tert-OH is 1. The van der Waals surface area contributed by atoms with Crippen LogP contribution in [0.15, 0.2) is 0 Å². The molecule has 4 heteroatoms. The highest BCUT2D eigenvalue weighted by atomic mass is 16.5. The molecule has 31 heavy (non-hydrogen) atoms. The number of carbonyl (C=O) groups is 1. The summed E-state index contributed by atoms with van der Waals surface area (Å²) in [6.07, 6.45) is 19.7. The lowest BCUT2D eigenvalue weighted by molar-refractivity contribution is -0.140. The molecule has 4 nitrogen and oxygen atoms in total. The number of hydrogen-bond donors (Lipinski definition) is 1. The molecule has 0 amide bonds. The number of unbranched alkanes of at least 4 members (excludes halogenated alkanes) is 10. The summed E-state index contributed by atoms with van der Waals surface area (Å²) in [5.41, 5.74) is 0. The van der Waals surface area contributed by atoms with Crippen molar-refractivity contribution in [2.45, 2.75) is 149 Å². The van der Waals surface area contributed by atoms with Gasteiger partial charge in [-0.15, -0.1) is 0 Å². The van der Waals surface area contributed by atoms with Crippen molar-refractivity contribution < 1.29 is 19.4 Å². The van der Waals surface area contributed by atoms with E-state index in [1.165, 1.54) is 58.5 Å². The maximum absolute atomic E-state index is 11.2. The van der Waals surface area contributed by atoms with Crippen molar-refractivity contribution in [2.24, 2.45) is 5.92 Å². The van der Waals surface area contributed by atoms with Gasteiger partial charge in [0.1, 0.15) is 0 Å². The predicted octanol–water partition coefficient (Wildman–Crippen LogP) is 7.60. The van der Waals surface area contributed by atoms with Gasteiger partial charge < -0.3 is 14.6 Å². The summed E-state index contributed by atoms with van der Waals surface area (Å²) in [6.45, 7) is 7.52. The third-order valence-electron chi connectivity index (χ3n) is 6.47. The van der Waals surface area contributed by atoms with Crippen LogP contribution >= 0.6 is 0 Å². The topological polar surface area (TPSA) is 55.8 Å². The SMILES string of the molecule is CCCCCCCCC(O)C(CCCCCCCC(=O)OC)OCC(CC)CCCC. The van der Waals surface area contributed by atoms with E-state index in [-0.39, 0.29) is 18.2 Å². The van der Waals surface area contributed by atoms with Gasteiger partial charge in [0.2, 0.25) is 0 Å². The van der Waals surface area contributed by atoms with Crippen LogP contribution in [0.3, 0.4) is 0 Å². The maximum atomic E-state index is 11.2. The second-order valence-electron chi connectivity index (χ2n) is 9.29. The summed E-state index contributed by atoms with van der Waals surface area (Å²) in [5, 5.41) is 10.8. The van der Waals surface area contributed by atoms with Gasteiger partial charge in [-0.3, -0.25) is 4.79 Å². The molecule has 0 aromatic rings. The average Bonchev–Trinajstić information content (AvgIpc) is 2.78. The lowest BCUT2D eigenvalue weighted by atomic mass is 9.98. The Morgan fingerprint density at radius 2 is 1.32 bits per heavy atom. The Kier molecular flexibility index (Phi) is 22.1. The number of hydrogen-bond acceptors (Lipinski definition) is 4. The van der Waals surface area contributed by atoms with Crippen molar-refractivity contribution in [1.82, 2.24) is 0 Å². The van der Waals surface area contributed by atoms with Crippen molar-refractivity contribution in [1.29, 1.82) is 0 Å². The van der Waals surface area contributed by atoms with Crippen molar-refractivity contribution in [3.05, 3.63) is 0 Å². The Hall–Kier alpha value is -0.610. The molecule has 3 atom stereocenters. The van der Waals surface area contributed by atoms with Gasteiger partial charge in [-0.25, -0.2) is 0 Å². The third kappa shape index (κ3) is 18.6. The molecule has 0 saturated carbocycles. The first kappa shape index (κ1) is 30.4. The standard InChI is InChI=1S/C27H54O4/c1-5-8-10-11-13-16-20-25(28)26(31-23-24(7-3)19-9-6-2)21-17-14-12-15-18-22-27(29)30-4/h24-26,28H,5-23H2,1-4H3. The zero-order valence-electron chi connectivity index (χ0n) is 21.3. The highest BCUT2D eigenvalue weighted by molar-refractivity contribution is 5.68. The average molecular weight is 443 g/mol. The molecule has 0 aliphatic rings. The van der Waals surface area contributed by atoms with E-state index in [9.17, 15) is 9.90 Å². The normalized spacial score (nSPS) is 14.4. The first-order valence-electron chi connectivity index (χ1n) is 13.4. The summed E-state index contributed by atoms with van der Waals surface area (Å²) in [7, 11) is 1.45. The second kappa shape index (κ2) is 22.6. The van der Waals surface area contributed by atoms with Crippen LogP contribution in [0.2, 0.25) is 0 Å². The molecule has 0 aromatic carbocycles. The first-order chi connectivity index (χ1) is 15.1. The summed E-state index contributed by atoms with van der Waals surface area (Å²) in [6, 6.07) is 0. The van der Waals surface area contributed by atoms with Crippen molar-refractivity contribution in [3.63, 3.8) is 0 Å². The number of esters is 1. The second-order valence-corrected chi connectivity index (χ2v) is 9.29. The molecule has 1 N–H and O–H groups in total. The van der Waals surface area contributed by atoms with Crippen molar-refractivity contribution in [2.75, 3.05) is 13.7 Å². The molecule has 0 radical (unpaired) electrons. The van der Waals surface area contributed by atoms with Gasteiger partial charge >= 0.3 is 5.97 Å². The van der Waals surface area contributed by atoms with E-state index in [1.54, 1.807) is 0 Å². The third-order valence-corrected chi connectivity index (χ3v) is 6.47. The van der Waals surface area contributed by atoms with E-state index < -0.39 is 0 Å². The van der Waals surface area contributed by atoms with Crippen molar-refractivity contribution >= 4 is 5.97 Å². The molecular weight excluding hydrogens is 388 g/mol. The summed E-state index contributed by atoms with van der Waals surface area (Å²) < 4.78 is 11.0. The fourth-order valence-corrected chi connectivity index (χ4v) is 4.11. The summed E-state index contributed by atoms with van der Waals surface area (Å²) in [5.74, 6) is 0.502. The van der Waals surface area contributed by atoms with Gasteiger partial charge in [0.25, 0.3) is 0 Å². The Bertz CT molecular complexity index is 385. The monoisotopic (exact) mass is 442 g/mol. The van der Waals surface area contributed by atoms with Gasteiger partial charge in [-0.1, -0.05) is 104 Å². The molecule has 0 rings (SSSR count). The first-order valence-corrected chi connectivity index (χ1v) is 13.4. The fraction of sp³-hybridized carbons (Fsp3) is 0.963. The smallest absolute Gasteiger partial charge is 0.305 e. The van der Waals surface area contributed by atoms with E-state index in [0.717, 1.165) is 64.4 Å². The zero-order chi connectivity index (χ0) is 23.2. The molecule has 186 valence electrons. The van der Waals surface area contributed by atoms with Gasteiger partial charge in [-0.05, 0) is 31.6 Å². The number of carbonyl (C=O) groups excluding carboxylic acids is 1. The summed E-state index contributed by atoms with van der Waals surface area (Å²) in [4.78, 5) is 11.2. The quantitative estimate of drug-likeness (QED) is 0.131. The minimum absolute atomic E-state index is 0.0265. The highest BCUT2D eigenvalue weighted by Gasteiger charge is 2.21. The van der Waals surface area contributed by atoms with Gasteiger partial charge in [0.05, 0.1) is 19.3 Å². The van der Waals surface area contributed by atoms with Crippen LogP contribution in [0.5, 0.6) is 0 Å². The molecular formula is C27H54O4. The Morgan fingerprint density at radius 3 is 1.94 bits per heavy atom. The van der Waals surface area contributed by atoms with E-state index >= 15 is 0 Å². The van der Waals surface area contributed by atoms with Crippen LogP contribution in [0.25, 0.3) is 0 Å². The molecule has 3 unspecified atom stereocenters. The molecule has 0 aromatic heterocycles. The molecule has 0 fully saturated rings. The Balaban J connectivity index is 4.29. The Labute approximate surface area is 193 Å². The fourth-order valence-electron chi connectivity index (χ4n) is 4.11. The lowest BCUT2D eigenvalue weighted by Gasteiger charge is -2.26. The zero-order valence-corrected chi connectivity index (χ0v) is 21.3. The minimum Gasteiger partial charge on any atom is -0.469 e. The van der Waals surface area contributed by atoms with Crippen LogP contribution in [0, 0.1) is 5.92 Å². The van der Waals surface area contributed by atoms with Crippen LogP contribution in [-0.4, -0.2) is 37.0 Å². The van der Waals surface area contributed by atoms with E-state index in [2.05, 4.69) is 20.8 Å². The van der Waals surface area contributed by atoms with E-state index in [4.69, 9.17) is 9.47 Å². The van der Waals surface area contributed by atoms with E-state index in [1.807, 2.05) is 0 Å². The van der Waals surface area contributed by atoms with Gasteiger partial charge in [-0.2, -0.15) is 0 Å². The van der Waals surface area contributed by atoms with Crippen molar-refractivity contribution in [3.8, 4) is 0 Å². The molecule has 0 spiro atoms. The largest absolute Gasteiger partial charge is 0.469 e. The van der Waals surface area contributed by atoms with E-state index in [0.29, 0.717) is 12.3 Å². The van der Waals surface area contributed by atoms with Crippen LogP contribution in [0.1, 0.15) is 136 Å². The maximum Gasteiger partial charge on any atom is 0.305 e. The molecule has 0 saturated heterocycles. The molecule has 0 heterocycles. The number of ether oxygens (including phenoxy) is 2. The molecule has 0 aliphatic carbocycles. The molecule has 0 aliphatic heterocycles. The van der Waals surface area contributed by atoms with Gasteiger partial charge in [0, 0.05) is 13.0 Å². The number of methoxy groups -OCH3 is 1. The predicted molar refractivity (Wildman–Crippen MR) is 131 cm³/mol. The van der Waals surface area contributed by atoms with Gasteiger partial charge in [0.15, 0.2) is 0 Å². The summed E-state index contributed by atoms with van der Waals surface area (Å²) >= 11 is 0. The Morgan fingerprint density at radius 1 is 0.742 bits per heavy atom. The highest BCUT2D eigenvalue weighted by Crippen LogP contribution is 2.20.